The number of H-pyrrole nitrogens is 1. The van der Waals surface area contributed by atoms with Gasteiger partial charge in [-0.05, 0) is 36.4 Å². The molecule has 8 nitrogen and oxygen atoms in total. The van der Waals surface area contributed by atoms with Crippen molar-refractivity contribution in [3.05, 3.63) is 74.9 Å². The number of aromatic hydroxyl groups is 1. The third-order valence-electron chi connectivity index (χ3n) is 4.16. The first-order chi connectivity index (χ1) is 13.4. The van der Waals surface area contributed by atoms with Crippen LogP contribution in [0.4, 0.5) is 11.4 Å². The van der Waals surface area contributed by atoms with Crippen molar-refractivity contribution < 1.29 is 9.84 Å². The van der Waals surface area contributed by atoms with Gasteiger partial charge in [-0.15, -0.1) is 0 Å². The molecule has 0 radical (unpaired) electrons. The zero-order valence-corrected chi connectivity index (χ0v) is 15.7. The minimum Gasteiger partial charge on any atom is -0.495 e. The van der Waals surface area contributed by atoms with Crippen LogP contribution in [0.3, 0.4) is 0 Å². The monoisotopic (exact) mass is 380 g/mol. The summed E-state index contributed by atoms with van der Waals surface area (Å²) in [5, 5.41) is 10.6. The van der Waals surface area contributed by atoms with E-state index in [1.165, 1.54) is 13.3 Å². The first-order valence-electron chi connectivity index (χ1n) is 8.45. The van der Waals surface area contributed by atoms with Crippen molar-refractivity contribution in [3.8, 4) is 17.3 Å². The fourth-order valence-corrected chi connectivity index (χ4v) is 2.67. The molecule has 3 aromatic rings. The Hall–Kier alpha value is -3.81. The van der Waals surface area contributed by atoms with E-state index in [0.717, 1.165) is 10.3 Å². The molecule has 0 amide bonds. The number of hydrogen-bond donors (Lipinski definition) is 2. The van der Waals surface area contributed by atoms with Gasteiger partial charge in [0.2, 0.25) is 5.88 Å². The third kappa shape index (κ3) is 3.66. The van der Waals surface area contributed by atoms with E-state index < -0.39 is 17.1 Å². The number of hydrogen-bond acceptors (Lipinski definition) is 6. The maximum Gasteiger partial charge on any atom is 0.335 e. The predicted molar refractivity (Wildman–Crippen MR) is 109 cm³/mol. The second-order valence-electron chi connectivity index (χ2n) is 6.17. The number of aromatic nitrogens is 2. The lowest BCUT2D eigenvalue weighted by Gasteiger charge is -2.13. The fourth-order valence-electron chi connectivity index (χ4n) is 2.67. The standard InChI is InChI=1S/C20H20N4O4/c1-23(2)14-10-8-13(9-11-14)21-12-15-18(25)22-20(27)24(19(15)26)16-6-4-5-7-17(16)28-3/h4-12,26H,1-3H3,(H,22,25,27). The highest BCUT2D eigenvalue weighted by atomic mass is 16.5. The number of nitrogens with one attached hydrogen (secondary N) is 1. The molecule has 3 rings (SSSR count). The van der Waals surface area contributed by atoms with E-state index in [2.05, 4.69) is 9.98 Å². The Labute approximate surface area is 161 Å². The molecule has 0 saturated carbocycles. The van der Waals surface area contributed by atoms with E-state index in [1.54, 1.807) is 36.4 Å². The van der Waals surface area contributed by atoms with Crippen molar-refractivity contribution in [2.24, 2.45) is 4.99 Å². The quantitative estimate of drug-likeness (QED) is 0.660. The Morgan fingerprint density at radius 1 is 1.11 bits per heavy atom. The van der Waals surface area contributed by atoms with Crippen LogP contribution < -0.4 is 20.9 Å². The van der Waals surface area contributed by atoms with Crippen LogP contribution in [0.15, 0.2) is 63.1 Å². The van der Waals surface area contributed by atoms with Gasteiger partial charge < -0.3 is 14.7 Å². The van der Waals surface area contributed by atoms with E-state index in [4.69, 9.17) is 4.74 Å². The van der Waals surface area contributed by atoms with Gasteiger partial charge in [0.15, 0.2) is 0 Å². The van der Waals surface area contributed by atoms with Crippen molar-refractivity contribution in [1.29, 1.82) is 0 Å². The number of para-hydroxylation sites is 2. The lowest BCUT2D eigenvalue weighted by molar-refractivity contribution is 0.401. The lowest BCUT2D eigenvalue weighted by Crippen LogP contribution is -2.31. The Morgan fingerprint density at radius 2 is 1.79 bits per heavy atom. The van der Waals surface area contributed by atoms with Gasteiger partial charge in [-0.2, -0.15) is 0 Å². The zero-order chi connectivity index (χ0) is 20.3. The summed E-state index contributed by atoms with van der Waals surface area (Å²) in [5.41, 5.74) is 0.251. The van der Waals surface area contributed by atoms with Crippen LogP contribution in [0.25, 0.3) is 5.69 Å². The van der Waals surface area contributed by atoms with Gasteiger partial charge in [-0.25, -0.2) is 9.36 Å². The summed E-state index contributed by atoms with van der Waals surface area (Å²) in [7, 11) is 5.31. The number of rotatable bonds is 5. The topological polar surface area (TPSA) is 99.9 Å². The van der Waals surface area contributed by atoms with Crippen LogP contribution in [-0.4, -0.2) is 42.1 Å². The number of benzene rings is 2. The van der Waals surface area contributed by atoms with Crippen LogP contribution in [0, 0.1) is 0 Å². The molecule has 0 atom stereocenters. The molecule has 1 aromatic heterocycles. The fraction of sp³-hybridized carbons (Fsp3) is 0.150. The molecule has 1 heterocycles. The molecular formula is C20H20N4O4. The molecule has 0 unspecified atom stereocenters. The molecule has 28 heavy (non-hydrogen) atoms. The first kappa shape index (κ1) is 19.0. The highest BCUT2D eigenvalue weighted by Crippen LogP contribution is 2.25. The molecule has 2 aromatic carbocycles. The van der Waals surface area contributed by atoms with E-state index in [1.807, 2.05) is 31.1 Å². The summed E-state index contributed by atoms with van der Waals surface area (Å²) in [4.78, 5) is 32.9. The number of nitrogens with zero attached hydrogens (tertiary/aromatic N) is 3. The van der Waals surface area contributed by atoms with Crippen LogP contribution in [0.2, 0.25) is 0 Å². The Bertz CT molecular complexity index is 1130. The SMILES string of the molecule is COc1ccccc1-n1c(O)c(C=Nc2ccc(N(C)C)cc2)c(=O)[nH]c1=O. The van der Waals surface area contributed by atoms with E-state index in [-0.39, 0.29) is 5.56 Å². The summed E-state index contributed by atoms with van der Waals surface area (Å²) in [6.07, 6.45) is 1.23. The minimum atomic E-state index is -0.778. The number of aromatic amines is 1. The Morgan fingerprint density at radius 3 is 2.43 bits per heavy atom. The van der Waals surface area contributed by atoms with Crippen molar-refractivity contribution >= 4 is 17.6 Å². The number of methoxy groups -OCH3 is 1. The maximum atomic E-state index is 12.3. The van der Waals surface area contributed by atoms with Gasteiger partial charge in [-0.1, -0.05) is 12.1 Å². The highest BCUT2D eigenvalue weighted by Gasteiger charge is 2.16. The summed E-state index contributed by atoms with van der Waals surface area (Å²) >= 11 is 0. The van der Waals surface area contributed by atoms with Crippen molar-refractivity contribution in [2.75, 3.05) is 26.1 Å². The molecule has 8 heteroatoms. The first-order valence-corrected chi connectivity index (χ1v) is 8.45. The summed E-state index contributed by atoms with van der Waals surface area (Å²) in [6, 6.07) is 14.0. The second-order valence-corrected chi connectivity index (χ2v) is 6.17. The third-order valence-corrected chi connectivity index (χ3v) is 4.16. The van der Waals surface area contributed by atoms with E-state index >= 15 is 0 Å². The smallest absolute Gasteiger partial charge is 0.335 e. The van der Waals surface area contributed by atoms with E-state index in [9.17, 15) is 14.7 Å². The normalized spacial score (nSPS) is 11.0. The number of anilines is 1. The van der Waals surface area contributed by atoms with Gasteiger partial charge >= 0.3 is 5.69 Å². The molecule has 0 saturated heterocycles. The minimum absolute atomic E-state index is 0.137. The summed E-state index contributed by atoms with van der Waals surface area (Å²) in [6.45, 7) is 0. The molecule has 0 aliphatic rings. The van der Waals surface area contributed by atoms with Crippen LogP contribution in [0.5, 0.6) is 11.6 Å². The molecule has 0 aliphatic heterocycles. The van der Waals surface area contributed by atoms with Crippen LogP contribution >= 0.6 is 0 Å². The summed E-state index contributed by atoms with van der Waals surface area (Å²) in [5.74, 6) is -0.152. The van der Waals surface area contributed by atoms with Crippen molar-refractivity contribution in [1.82, 2.24) is 9.55 Å². The molecule has 144 valence electrons. The lowest BCUT2D eigenvalue weighted by atomic mass is 10.2. The summed E-state index contributed by atoms with van der Waals surface area (Å²) < 4.78 is 6.21. The van der Waals surface area contributed by atoms with E-state index in [0.29, 0.717) is 17.1 Å². The van der Waals surface area contributed by atoms with Crippen molar-refractivity contribution in [2.45, 2.75) is 0 Å². The van der Waals surface area contributed by atoms with Crippen molar-refractivity contribution in [3.63, 3.8) is 0 Å². The van der Waals surface area contributed by atoms with Gasteiger partial charge in [-0.3, -0.25) is 14.8 Å². The molecule has 0 bridgehead atoms. The van der Waals surface area contributed by atoms with Gasteiger partial charge in [0, 0.05) is 26.0 Å². The molecular weight excluding hydrogens is 360 g/mol. The average Bonchev–Trinajstić information content (AvgIpc) is 2.68. The Kier molecular flexibility index (Phi) is 5.30. The van der Waals surface area contributed by atoms with Crippen LogP contribution in [0.1, 0.15) is 5.56 Å². The predicted octanol–water partition coefficient (Wildman–Crippen LogP) is 2.06. The molecule has 0 spiro atoms. The molecule has 0 aliphatic carbocycles. The zero-order valence-electron chi connectivity index (χ0n) is 15.7. The molecule has 0 fully saturated rings. The van der Waals surface area contributed by atoms with Gasteiger partial charge in [0.05, 0.1) is 18.5 Å². The Balaban J connectivity index is 2.07. The van der Waals surface area contributed by atoms with Gasteiger partial charge in [0.25, 0.3) is 5.56 Å². The molecule has 2 N–H and O–H groups in total. The van der Waals surface area contributed by atoms with Gasteiger partial charge in [0.1, 0.15) is 11.3 Å². The largest absolute Gasteiger partial charge is 0.495 e. The number of ether oxygens (including phenoxy) is 1. The average molecular weight is 380 g/mol. The maximum absolute atomic E-state index is 12.3. The second kappa shape index (κ2) is 7.83. The number of aliphatic imine (C=N–C) groups is 1. The van der Waals surface area contributed by atoms with Crippen LogP contribution in [-0.2, 0) is 0 Å². The highest BCUT2D eigenvalue weighted by molar-refractivity contribution is 5.84.